The third-order valence-corrected chi connectivity index (χ3v) is 4.59. The number of hydrogen-bond acceptors (Lipinski definition) is 9. The van der Waals surface area contributed by atoms with Gasteiger partial charge in [-0.05, 0) is 30.7 Å². The summed E-state index contributed by atoms with van der Waals surface area (Å²) in [6.45, 7) is 2.79. The molecule has 0 saturated heterocycles. The molecule has 0 radical (unpaired) electrons. The van der Waals surface area contributed by atoms with E-state index in [0.29, 0.717) is 47.9 Å². The van der Waals surface area contributed by atoms with Crippen LogP contribution < -0.4 is 25.4 Å². The number of amides is 1. The highest BCUT2D eigenvalue weighted by molar-refractivity contribution is 5.90. The molecule has 0 aliphatic carbocycles. The van der Waals surface area contributed by atoms with E-state index >= 15 is 0 Å². The predicted octanol–water partition coefficient (Wildman–Crippen LogP) is 2.35. The summed E-state index contributed by atoms with van der Waals surface area (Å²) < 4.78 is 10.6. The lowest BCUT2D eigenvalue weighted by Crippen LogP contribution is -2.24. The molecule has 0 saturated carbocycles. The van der Waals surface area contributed by atoms with Crippen LogP contribution in [0.5, 0.6) is 11.5 Å². The average molecular weight is 468 g/mol. The van der Waals surface area contributed by atoms with E-state index in [1.165, 1.54) is 0 Å². The minimum Gasteiger partial charge on any atom is -0.497 e. The molecule has 3 aromatic rings. The number of aryl methyl sites for hydroxylation is 1. The number of H-pyrrole nitrogens is 1. The number of benzene rings is 1. The molecule has 180 valence electrons. The number of aromatic amines is 1. The van der Waals surface area contributed by atoms with E-state index in [2.05, 4.69) is 36.1 Å². The molecule has 0 atom stereocenters. The number of anilines is 3. The molecule has 2 aromatic heterocycles. The van der Waals surface area contributed by atoms with Gasteiger partial charge in [-0.25, -0.2) is 9.97 Å². The zero-order valence-corrected chi connectivity index (χ0v) is 19.4. The molecule has 0 fully saturated rings. The number of nitrogens with zero attached hydrogens (tertiary/aromatic N) is 3. The Bertz CT molecular complexity index is 1110. The van der Waals surface area contributed by atoms with Crippen LogP contribution in [0.3, 0.4) is 0 Å². The highest BCUT2D eigenvalue weighted by atomic mass is 16.5. The van der Waals surface area contributed by atoms with Crippen LogP contribution in [0, 0.1) is 6.92 Å². The fourth-order valence-corrected chi connectivity index (χ4v) is 2.99. The zero-order valence-electron chi connectivity index (χ0n) is 19.4. The van der Waals surface area contributed by atoms with Gasteiger partial charge in [-0.1, -0.05) is 6.08 Å². The molecule has 1 amide bonds. The Hall–Kier alpha value is -3.96. The van der Waals surface area contributed by atoms with Gasteiger partial charge in [0.25, 0.3) is 0 Å². The Balaban J connectivity index is 1.83. The van der Waals surface area contributed by atoms with Crippen molar-refractivity contribution >= 4 is 35.5 Å². The van der Waals surface area contributed by atoms with Crippen molar-refractivity contribution < 1.29 is 19.4 Å². The molecule has 11 nitrogen and oxygen atoms in total. The summed E-state index contributed by atoms with van der Waals surface area (Å²) in [5.74, 6) is 2.90. The number of aliphatic hydroxyl groups excluding tert-OH is 1. The monoisotopic (exact) mass is 467 g/mol. The Morgan fingerprint density at radius 2 is 1.74 bits per heavy atom. The summed E-state index contributed by atoms with van der Waals surface area (Å²) in [5, 5.41) is 24.7. The van der Waals surface area contributed by atoms with Gasteiger partial charge in [0.15, 0.2) is 11.6 Å². The summed E-state index contributed by atoms with van der Waals surface area (Å²) in [6, 6.07) is 8.97. The highest BCUT2D eigenvalue weighted by Crippen LogP contribution is 2.24. The van der Waals surface area contributed by atoms with Crippen LogP contribution in [0.25, 0.3) is 12.2 Å². The average Bonchev–Trinajstić information content (AvgIpc) is 3.24. The topological polar surface area (TPSA) is 146 Å². The molecule has 1 aromatic carbocycles. The van der Waals surface area contributed by atoms with Crippen LogP contribution in [0.15, 0.2) is 30.3 Å². The fourth-order valence-electron chi connectivity index (χ4n) is 2.99. The van der Waals surface area contributed by atoms with Crippen LogP contribution in [0.1, 0.15) is 23.5 Å². The predicted molar refractivity (Wildman–Crippen MR) is 130 cm³/mol. The summed E-state index contributed by atoms with van der Waals surface area (Å²) in [4.78, 5) is 21.3. The van der Waals surface area contributed by atoms with Gasteiger partial charge < -0.3 is 30.5 Å². The van der Waals surface area contributed by atoms with Crippen LogP contribution in [-0.4, -0.2) is 65.1 Å². The van der Waals surface area contributed by atoms with Crippen molar-refractivity contribution in [1.82, 2.24) is 25.5 Å². The normalized spacial score (nSPS) is 10.9. The SMILES string of the molecule is COc1cc(/C=C/c2nc(NC(=O)CCNCCO)cc(Nc3cc(C)[nH]n3)n2)cc(OC)c1. The number of methoxy groups -OCH3 is 2. The number of rotatable bonds is 12. The Morgan fingerprint density at radius 1 is 1.00 bits per heavy atom. The van der Waals surface area contributed by atoms with E-state index in [0.717, 1.165) is 11.3 Å². The second kappa shape index (κ2) is 12.3. The maximum Gasteiger partial charge on any atom is 0.226 e. The molecule has 2 heterocycles. The van der Waals surface area contributed by atoms with Crippen LogP contribution >= 0.6 is 0 Å². The van der Waals surface area contributed by atoms with Gasteiger partial charge >= 0.3 is 0 Å². The highest BCUT2D eigenvalue weighted by Gasteiger charge is 2.09. The van der Waals surface area contributed by atoms with Gasteiger partial charge in [0.1, 0.15) is 23.1 Å². The molecule has 0 aliphatic heterocycles. The second-order valence-electron chi connectivity index (χ2n) is 7.31. The first-order valence-electron chi connectivity index (χ1n) is 10.7. The number of nitrogens with one attached hydrogen (secondary N) is 4. The van der Waals surface area contributed by atoms with Crippen molar-refractivity contribution in [1.29, 1.82) is 0 Å². The van der Waals surface area contributed by atoms with E-state index < -0.39 is 0 Å². The van der Waals surface area contributed by atoms with E-state index in [-0.39, 0.29) is 18.9 Å². The second-order valence-corrected chi connectivity index (χ2v) is 7.31. The standard InChI is InChI=1S/C23H29N7O4/c1-15-10-22(30-29-15)27-20-14-21(28-23(32)6-7-24-8-9-31)26-19(25-20)5-4-16-11-17(33-2)13-18(12-16)34-3/h4-5,10-14,24,31H,6-9H2,1-3H3,(H3,25,26,27,28,29,30,32)/b5-4+. The molecular formula is C23H29N7O4. The lowest BCUT2D eigenvalue weighted by atomic mass is 10.2. The summed E-state index contributed by atoms with van der Waals surface area (Å²) >= 11 is 0. The lowest BCUT2D eigenvalue weighted by molar-refractivity contribution is -0.116. The Labute approximate surface area is 197 Å². The molecule has 0 aliphatic rings. The van der Waals surface area contributed by atoms with E-state index in [1.807, 2.05) is 31.2 Å². The Morgan fingerprint density at radius 3 is 2.38 bits per heavy atom. The van der Waals surface area contributed by atoms with E-state index in [1.54, 1.807) is 32.4 Å². The molecule has 34 heavy (non-hydrogen) atoms. The van der Waals surface area contributed by atoms with Gasteiger partial charge in [-0.2, -0.15) is 5.10 Å². The van der Waals surface area contributed by atoms with Crippen molar-refractivity contribution in [3.05, 3.63) is 47.4 Å². The molecular weight excluding hydrogens is 438 g/mol. The molecule has 11 heteroatoms. The van der Waals surface area contributed by atoms with E-state index in [9.17, 15) is 4.79 Å². The van der Waals surface area contributed by atoms with E-state index in [4.69, 9.17) is 14.6 Å². The third-order valence-electron chi connectivity index (χ3n) is 4.59. The van der Waals surface area contributed by atoms with Gasteiger partial charge in [-0.15, -0.1) is 0 Å². The third kappa shape index (κ3) is 7.57. The Kier molecular flexibility index (Phi) is 8.95. The summed E-state index contributed by atoms with van der Waals surface area (Å²) in [6.07, 6.45) is 3.79. The first-order chi connectivity index (χ1) is 16.5. The first kappa shape index (κ1) is 24.7. The maximum atomic E-state index is 12.3. The van der Waals surface area contributed by atoms with Gasteiger partial charge in [-0.3, -0.25) is 9.89 Å². The summed E-state index contributed by atoms with van der Waals surface area (Å²) in [5.41, 5.74) is 1.73. The number of carbonyl (C=O) groups is 1. The maximum absolute atomic E-state index is 12.3. The van der Waals surface area contributed by atoms with Crippen LogP contribution in [0.2, 0.25) is 0 Å². The van der Waals surface area contributed by atoms with Crippen molar-refractivity contribution in [2.45, 2.75) is 13.3 Å². The van der Waals surface area contributed by atoms with Gasteiger partial charge in [0.05, 0.1) is 20.8 Å². The molecule has 3 rings (SSSR count). The van der Waals surface area contributed by atoms with Crippen molar-refractivity contribution in [3.63, 3.8) is 0 Å². The number of aliphatic hydroxyl groups is 1. The zero-order chi connectivity index (χ0) is 24.3. The smallest absolute Gasteiger partial charge is 0.226 e. The van der Waals surface area contributed by atoms with Crippen LogP contribution in [-0.2, 0) is 4.79 Å². The molecule has 5 N–H and O–H groups in total. The minimum atomic E-state index is -0.210. The largest absolute Gasteiger partial charge is 0.497 e. The number of carbonyl (C=O) groups excluding carboxylic acids is 1. The van der Waals surface area contributed by atoms with Gasteiger partial charge in [0, 0.05) is 43.4 Å². The first-order valence-corrected chi connectivity index (χ1v) is 10.7. The van der Waals surface area contributed by atoms with Crippen LogP contribution in [0.4, 0.5) is 17.5 Å². The number of aromatic nitrogens is 4. The van der Waals surface area contributed by atoms with Crippen molar-refractivity contribution in [2.24, 2.45) is 0 Å². The minimum absolute atomic E-state index is 0.0179. The summed E-state index contributed by atoms with van der Waals surface area (Å²) in [7, 11) is 3.18. The fraction of sp³-hybridized carbons (Fsp3) is 0.304. The molecule has 0 bridgehead atoms. The molecule has 0 spiro atoms. The quantitative estimate of drug-likeness (QED) is 0.253. The number of hydrogen-bond donors (Lipinski definition) is 5. The molecule has 0 unspecified atom stereocenters. The van der Waals surface area contributed by atoms with Crippen molar-refractivity contribution in [3.8, 4) is 11.5 Å². The number of ether oxygens (including phenoxy) is 2. The van der Waals surface area contributed by atoms with Gasteiger partial charge in [0.2, 0.25) is 5.91 Å². The van der Waals surface area contributed by atoms with Crippen molar-refractivity contribution in [2.75, 3.05) is 44.5 Å². The lowest BCUT2D eigenvalue weighted by Gasteiger charge is -2.09.